The Morgan fingerprint density at radius 1 is 1.22 bits per heavy atom. The number of nitrogens with one attached hydrogen (secondary N) is 2. The molecule has 4 atom stereocenters. The van der Waals surface area contributed by atoms with E-state index in [1.165, 1.54) is 12.1 Å². The standard InChI is InChI=1S/C22H32F3N3O3S/c1-14(2)9-20(27-32(3,30)31)21(29)26-19-8-7-16-12-28(13-18(16)19)11-15-5-4-6-17(10-15)22(23,24)25/h4-6,10,14,16,18-20,27H,7-9,11-13H2,1-3H3,(H,26,29)/t16-,18+,19+,20+/m1/s1. The zero-order valence-electron chi connectivity index (χ0n) is 18.7. The molecular formula is C22H32F3N3O3S. The Morgan fingerprint density at radius 2 is 1.94 bits per heavy atom. The maximum absolute atomic E-state index is 13.0. The second-order valence-corrected chi connectivity index (χ2v) is 11.4. The van der Waals surface area contributed by atoms with Gasteiger partial charge in [-0.05, 0) is 48.6 Å². The Kier molecular flexibility index (Phi) is 7.56. The average Bonchev–Trinajstić information content (AvgIpc) is 3.20. The lowest BCUT2D eigenvalue weighted by molar-refractivity contribution is -0.137. The summed E-state index contributed by atoms with van der Waals surface area (Å²) in [7, 11) is -3.52. The molecule has 1 amide bonds. The number of benzene rings is 1. The van der Waals surface area contributed by atoms with E-state index in [0.717, 1.165) is 31.7 Å². The zero-order chi connectivity index (χ0) is 23.7. The van der Waals surface area contributed by atoms with E-state index in [1.54, 1.807) is 6.07 Å². The van der Waals surface area contributed by atoms with E-state index in [0.29, 0.717) is 31.0 Å². The van der Waals surface area contributed by atoms with E-state index in [2.05, 4.69) is 14.9 Å². The van der Waals surface area contributed by atoms with Crippen LogP contribution in [0.1, 0.15) is 44.2 Å². The van der Waals surface area contributed by atoms with Gasteiger partial charge in [0.15, 0.2) is 0 Å². The number of fused-ring (bicyclic) bond motifs is 1. The molecule has 1 aromatic rings. The second-order valence-electron chi connectivity index (χ2n) is 9.58. The summed E-state index contributed by atoms with van der Waals surface area (Å²) in [4.78, 5) is 15.0. The van der Waals surface area contributed by atoms with Crippen molar-refractivity contribution in [3.8, 4) is 0 Å². The molecule has 1 heterocycles. The number of likely N-dealkylation sites (tertiary alicyclic amines) is 1. The highest BCUT2D eigenvalue weighted by molar-refractivity contribution is 7.88. The number of sulfonamides is 1. The number of alkyl halides is 3. The summed E-state index contributed by atoms with van der Waals surface area (Å²) in [5, 5.41) is 3.05. The Balaban J connectivity index is 1.61. The van der Waals surface area contributed by atoms with Crippen LogP contribution in [0.2, 0.25) is 0 Å². The molecule has 10 heteroatoms. The molecule has 6 nitrogen and oxygen atoms in total. The topological polar surface area (TPSA) is 78.5 Å². The van der Waals surface area contributed by atoms with Gasteiger partial charge in [0.05, 0.1) is 11.8 Å². The maximum Gasteiger partial charge on any atom is 0.416 e. The molecule has 32 heavy (non-hydrogen) atoms. The van der Waals surface area contributed by atoms with Gasteiger partial charge < -0.3 is 5.32 Å². The molecule has 1 aliphatic carbocycles. The summed E-state index contributed by atoms with van der Waals surface area (Å²) in [5.41, 5.74) is -0.0242. The first-order valence-electron chi connectivity index (χ1n) is 11.0. The van der Waals surface area contributed by atoms with Gasteiger partial charge in [-0.15, -0.1) is 0 Å². The summed E-state index contributed by atoms with van der Waals surface area (Å²) in [6.45, 7) is 5.77. The summed E-state index contributed by atoms with van der Waals surface area (Å²) >= 11 is 0. The van der Waals surface area contributed by atoms with Crippen molar-refractivity contribution in [2.24, 2.45) is 17.8 Å². The third-order valence-electron chi connectivity index (χ3n) is 6.30. The van der Waals surface area contributed by atoms with Gasteiger partial charge in [0.2, 0.25) is 15.9 Å². The Hall–Kier alpha value is -1.65. The Bertz CT molecular complexity index is 920. The Morgan fingerprint density at radius 3 is 2.56 bits per heavy atom. The fourth-order valence-corrected chi connectivity index (χ4v) is 5.71. The van der Waals surface area contributed by atoms with Crippen LogP contribution < -0.4 is 10.0 Å². The van der Waals surface area contributed by atoms with Gasteiger partial charge in [-0.3, -0.25) is 9.69 Å². The predicted molar refractivity (Wildman–Crippen MR) is 116 cm³/mol. The van der Waals surface area contributed by atoms with Gasteiger partial charge in [-0.1, -0.05) is 32.0 Å². The molecule has 2 N–H and O–H groups in total. The number of hydrogen-bond acceptors (Lipinski definition) is 4. The molecule has 0 aromatic heterocycles. The summed E-state index contributed by atoms with van der Waals surface area (Å²) in [5.74, 6) is 0.414. The number of halogens is 3. The molecule has 1 aromatic carbocycles. The largest absolute Gasteiger partial charge is 0.416 e. The van der Waals surface area contributed by atoms with Crippen molar-refractivity contribution in [3.05, 3.63) is 35.4 Å². The molecule has 0 bridgehead atoms. The number of carbonyl (C=O) groups is 1. The minimum atomic E-state index is -4.36. The zero-order valence-corrected chi connectivity index (χ0v) is 19.5. The van der Waals surface area contributed by atoms with Crippen molar-refractivity contribution in [1.82, 2.24) is 14.9 Å². The first-order chi connectivity index (χ1) is 14.8. The van der Waals surface area contributed by atoms with Gasteiger partial charge in [-0.25, -0.2) is 13.1 Å². The first kappa shape index (κ1) is 25.0. The van der Waals surface area contributed by atoms with Crippen molar-refractivity contribution in [3.63, 3.8) is 0 Å². The smallest absolute Gasteiger partial charge is 0.352 e. The van der Waals surface area contributed by atoms with Gasteiger partial charge in [0, 0.05) is 25.7 Å². The van der Waals surface area contributed by atoms with Crippen LogP contribution in [0.4, 0.5) is 13.2 Å². The van der Waals surface area contributed by atoms with Crippen LogP contribution >= 0.6 is 0 Å². The van der Waals surface area contributed by atoms with Gasteiger partial charge >= 0.3 is 6.18 Å². The molecule has 1 saturated heterocycles. The van der Waals surface area contributed by atoms with Crippen LogP contribution in [-0.4, -0.2) is 50.7 Å². The third-order valence-corrected chi connectivity index (χ3v) is 7.01. The molecule has 0 spiro atoms. The summed E-state index contributed by atoms with van der Waals surface area (Å²) in [6, 6.07) is 4.53. The molecular weight excluding hydrogens is 443 g/mol. The van der Waals surface area contributed by atoms with E-state index < -0.39 is 27.8 Å². The lowest BCUT2D eigenvalue weighted by Gasteiger charge is -2.25. The molecule has 1 aliphatic heterocycles. The maximum atomic E-state index is 13.0. The van der Waals surface area contributed by atoms with Crippen LogP contribution in [0, 0.1) is 17.8 Å². The minimum Gasteiger partial charge on any atom is -0.352 e. The fourth-order valence-electron chi connectivity index (χ4n) is 4.99. The van der Waals surface area contributed by atoms with Crippen molar-refractivity contribution in [2.75, 3.05) is 19.3 Å². The molecule has 0 unspecified atom stereocenters. The fraction of sp³-hybridized carbons (Fsp3) is 0.682. The molecule has 1 saturated carbocycles. The third kappa shape index (κ3) is 6.68. The van der Waals surface area contributed by atoms with Crippen molar-refractivity contribution in [1.29, 1.82) is 0 Å². The number of nitrogens with zero attached hydrogens (tertiary/aromatic N) is 1. The van der Waals surface area contributed by atoms with Gasteiger partial charge in [0.25, 0.3) is 0 Å². The van der Waals surface area contributed by atoms with Crippen LogP contribution in [-0.2, 0) is 27.5 Å². The molecule has 3 rings (SSSR count). The second kappa shape index (κ2) is 9.69. The lowest BCUT2D eigenvalue weighted by Crippen LogP contribution is -2.51. The molecule has 2 fully saturated rings. The van der Waals surface area contributed by atoms with E-state index in [4.69, 9.17) is 0 Å². The lowest BCUT2D eigenvalue weighted by atomic mass is 9.97. The molecule has 180 valence electrons. The first-order valence-corrected chi connectivity index (χ1v) is 12.9. The quantitative estimate of drug-likeness (QED) is 0.606. The van der Waals surface area contributed by atoms with Crippen molar-refractivity contribution < 1.29 is 26.4 Å². The highest BCUT2D eigenvalue weighted by Gasteiger charge is 2.43. The monoisotopic (exact) mass is 475 g/mol. The number of hydrogen-bond donors (Lipinski definition) is 2. The van der Waals surface area contributed by atoms with Crippen LogP contribution in [0.3, 0.4) is 0 Å². The number of amides is 1. The minimum absolute atomic E-state index is 0.0602. The van der Waals surface area contributed by atoms with Crippen molar-refractivity contribution in [2.45, 2.75) is 57.9 Å². The SMILES string of the molecule is CC(C)C[C@H](NS(C)(=O)=O)C(=O)N[C@H]1CC[C@@H]2CN(Cc3cccc(C(F)(F)F)c3)C[C@@H]21. The van der Waals surface area contributed by atoms with E-state index >= 15 is 0 Å². The van der Waals surface area contributed by atoms with E-state index in [9.17, 15) is 26.4 Å². The number of carbonyl (C=O) groups excluding carboxylic acids is 1. The van der Waals surface area contributed by atoms with Crippen molar-refractivity contribution >= 4 is 15.9 Å². The van der Waals surface area contributed by atoms with Gasteiger partial charge in [0.1, 0.15) is 6.04 Å². The number of rotatable bonds is 8. The van der Waals surface area contributed by atoms with Crippen LogP contribution in [0.5, 0.6) is 0 Å². The van der Waals surface area contributed by atoms with Gasteiger partial charge in [-0.2, -0.15) is 13.2 Å². The van der Waals surface area contributed by atoms with Crippen LogP contribution in [0.25, 0.3) is 0 Å². The van der Waals surface area contributed by atoms with E-state index in [1.807, 2.05) is 13.8 Å². The van der Waals surface area contributed by atoms with Crippen LogP contribution in [0.15, 0.2) is 24.3 Å². The normalized spacial score (nSPS) is 25.2. The highest BCUT2D eigenvalue weighted by Crippen LogP contribution is 2.39. The molecule has 2 aliphatic rings. The predicted octanol–water partition coefficient (Wildman–Crippen LogP) is 3.00. The van der Waals surface area contributed by atoms with E-state index in [-0.39, 0.29) is 23.8 Å². The molecule has 0 radical (unpaired) electrons. The summed E-state index contributed by atoms with van der Waals surface area (Å²) in [6.07, 6.45) is -1.16. The highest BCUT2D eigenvalue weighted by atomic mass is 32.2. The average molecular weight is 476 g/mol. The summed E-state index contributed by atoms with van der Waals surface area (Å²) < 4.78 is 64.8. The Labute approximate surface area is 188 Å².